The van der Waals surface area contributed by atoms with E-state index in [0.29, 0.717) is 6.42 Å². The molecule has 16 heavy (non-hydrogen) atoms. The molecule has 2 heteroatoms. The van der Waals surface area contributed by atoms with E-state index in [4.69, 9.17) is 5.11 Å². The molecule has 0 unspecified atom stereocenters. The first-order valence-electron chi connectivity index (χ1n) is 5.40. The van der Waals surface area contributed by atoms with Gasteiger partial charge in [-0.25, -0.2) is 0 Å². The van der Waals surface area contributed by atoms with Crippen molar-refractivity contribution < 1.29 is 5.11 Å². The van der Waals surface area contributed by atoms with Crippen LogP contribution in [0.2, 0.25) is 0 Å². The van der Waals surface area contributed by atoms with E-state index in [1.165, 1.54) is 0 Å². The van der Waals surface area contributed by atoms with Gasteiger partial charge in [-0.3, -0.25) is 0 Å². The molecule has 0 aliphatic carbocycles. The Balaban J connectivity index is 2.12. The third-order valence-corrected chi connectivity index (χ3v) is 2.39. The molecule has 0 radical (unpaired) electrons. The van der Waals surface area contributed by atoms with Crippen molar-refractivity contribution in [3.8, 4) is 0 Å². The van der Waals surface area contributed by atoms with Crippen LogP contribution in [0.15, 0.2) is 54.6 Å². The van der Waals surface area contributed by atoms with Gasteiger partial charge in [-0.05, 0) is 36.2 Å². The minimum absolute atomic E-state index is 0.189. The average molecular weight is 213 g/mol. The molecular weight excluding hydrogens is 198 g/mol. The number of aliphatic hydroxyl groups excluding tert-OH is 1. The fourth-order valence-electron chi connectivity index (χ4n) is 1.62. The maximum atomic E-state index is 8.88. The second-order valence-corrected chi connectivity index (χ2v) is 3.67. The number of anilines is 2. The van der Waals surface area contributed by atoms with Crippen LogP contribution < -0.4 is 5.32 Å². The molecule has 0 spiro atoms. The summed E-state index contributed by atoms with van der Waals surface area (Å²) in [6.45, 7) is 0.189. The zero-order valence-electron chi connectivity index (χ0n) is 9.06. The summed E-state index contributed by atoms with van der Waals surface area (Å²) in [5.41, 5.74) is 3.27. The van der Waals surface area contributed by atoms with Crippen molar-refractivity contribution in [1.82, 2.24) is 0 Å². The van der Waals surface area contributed by atoms with E-state index in [9.17, 15) is 0 Å². The Labute approximate surface area is 95.6 Å². The van der Waals surface area contributed by atoms with Crippen LogP contribution in [0.25, 0.3) is 0 Å². The third kappa shape index (κ3) is 2.84. The van der Waals surface area contributed by atoms with Gasteiger partial charge in [0.15, 0.2) is 0 Å². The van der Waals surface area contributed by atoms with Crippen LogP contribution in [0.4, 0.5) is 11.4 Å². The van der Waals surface area contributed by atoms with Crippen LogP contribution in [0.1, 0.15) is 5.56 Å². The van der Waals surface area contributed by atoms with Crippen LogP contribution in [-0.2, 0) is 6.42 Å². The molecular formula is C14H15NO. The fourth-order valence-corrected chi connectivity index (χ4v) is 1.62. The Kier molecular flexibility index (Phi) is 3.57. The number of aliphatic hydroxyl groups is 1. The van der Waals surface area contributed by atoms with Gasteiger partial charge >= 0.3 is 0 Å². The quantitative estimate of drug-likeness (QED) is 0.818. The van der Waals surface area contributed by atoms with Crippen LogP contribution >= 0.6 is 0 Å². The van der Waals surface area contributed by atoms with Gasteiger partial charge in [-0.15, -0.1) is 0 Å². The molecule has 0 aliphatic rings. The summed E-state index contributed by atoms with van der Waals surface area (Å²) in [7, 11) is 0. The molecule has 0 saturated heterocycles. The highest BCUT2D eigenvalue weighted by Gasteiger charge is 1.96. The van der Waals surface area contributed by atoms with Gasteiger partial charge in [0, 0.05) is 18.0 Å². The van der Waals surface area contributed by atoms with Gasteiger partial charge in [0.1, 0.15) is 0 Å². The number of benzene rings is 2. The molecule has 82 valence electrons. The van der Waals surface area contributed by atoms with Crippen molar-refractivity contribution in [3.05, 3.63) is 60.2 Å². The molecule has 2 nitrogen and oxygen atoms in total. The molecule has 2 N–H and O–H groups in total. The molecule has 0 aromatic heterocycles. The largest absolute Gasteiger partial charge is 0.396 e. The lowest BCUT2D eigenvalue weighted by Gasteiger charge is -2.07. The molecule has 2 aromatic carbocycles. The van der Waals surface area contributed by atoms with Crippen molar-refractivity contribution in [2.24, 2.45) is 0 Å². The number of nitrogens with one attached hydrogen (secondary N) is 1. The topological polar surface area (TPSA) is 32.3 Å². The van der Waals surface area contributed by atoms with Gasteiger partial charge < -0.3 is 10.4 Å². The maximum Gasteiger partial charge on any atom is 0.0471 e. The zero-order valence-corrected chi connectivity index (χ0v) is 9.06. The number of rotatable bonds is 4. The Morgan fingerprint density at radius 3 is 2.38 bits per heavy atom. The molecule has 0 atom stereocenters. The Bertz CT molecular complexity index is 439. The second kappa shape index (κ2) is 5.33. The first-order valence-corrected chi connectivity index (χ1v) is 5.40. The number of hydrogen-bond acceptors (Lipinski definition) is 2. The monoisotopic (exact) mass is 213 g/mol. The summed E-state index contributed by atoms with van der Waals surface area (Å²) in [6, 6.07) is 18.1. The molecule has 2 aromatic rings. The molecule has 2 rings (SSSR count). The van der Waals surface area contributed by atoms with E-state index >= 15 is 0 Å². The summed E-state index contributed by atoms with van der Waals surface area (Å²) < 4.78 is 0. The SMILES string of the molecule is OCCc1cccc(Nc2ccccc2)c1. The van der Waals surface area contributed by atoms with Gasteiger partial charge in [0.25, 0.3) is 0 Å². The molecule has 0 bridgehead atoms. The summed E-state index contributed by atoms with van der Waals surface area (Å²) in [5, 5.41) is 12.2. The second-order valence-electron chi connectivity index (χ2n) is 3.67. The van der Waals surface area contributed by atoms with Crippen LogP contribution in [0, 0.1) is 0 Å². The van der Waals surface area contributed by atoms with Crippen molar-refractivity contribution in [1.29, 1.82) is 0 Å². The number of para-hydroxylation sites is 1. The van der Waals surface area contributed by atoms with E-state index in [2.05, 4.69) is 11.4 Å². The van der Waals surface area contributed by atoms with Gasteiger partial charge in [-0.1, -0.05) is 30.3 Å². The Morgan fingerprint density at radius 2 is 1.62 bits per heavy atom. The van der Waals surface area contributed by atoms with Gasteiger partial charge in [-0.2, -0.15) is 0 Å². The normalized spacial score (nSPS) is 10.1. The maximum absolute atomic E-state index is 8.88. The summed E-state index contributed by atoms with van der Waals surface area (Å²) in [5.74, 6) is 0. The Hall–Kier alpha value is -1.80. The number of hydrogen-bond donors (Lipinski definition) is 2. The average Bonchev–Trinajstić information content (AvgIpc) is 2.31. The molecule has 0 heterocycles. The van der Waals surface area contributed by atoms with Crippen molar-refractivity contribution in [2.45, 2.75) is 6.42 Å². The predicted octanol–water partition coefficient (Wildman–Crippen LogP) is 2.97. The lowest BCUT2D eigenvalue weighted by Crippen LogP contribution is -1.93. The highest BCUT2D eigenvalue weighted by atomic mass is 16.2. The lowest BCUT2D eigenvalue weighted by molar-refractivity contribution is 0.299. The molecule has 0 aliphatic heterocycles. The summed E-state index contributed by atoms with van der Waals surface area (Å²) >= 11 is 0. The highest BCUT2D eigenvalue weighted by molar-refractivity contribution is 5.59. The smallest absolute Gasteiger partial charge is 0.0471 e. The van der Waals surface area contributed by atoms with E-state index in [0.717, 1.165) is 16.9 Å². The summed E-state index contributed by atoms with van der Waals surface area (Å²) in [6.07, 6.45) is 0.699. The first-order chi connectivity index (χ1) is 7.88. The van der Waals surface area contributed by atoms with E-state index < -0.39 is 0 Å². The summed E-state index contributed by atoms with van der Waals surface area (Å²) in [4.78, 5) is 0. The highest BCUT2D eigenvalue weighted by Crippen LogP contribution is 2.17. The Morgan fingerprint density at radius 1 is 0.875 bits per heavy atom. The predicted molar refractivity (Wildman–Crippen MR) is 67.0 cm³/mol. The van der Waals surface area contributed by atoms with Gasteiger partial charge in [0.2, 0.25) is 0 Å². The standard InChI is InChI=1S/C14H15NO/c16-10-9-12-5-4-8-14(11-12)15-13-6-2-1-3-7-13/h1-8,11,15-16H,9-10H2. The van der Waals surface area contributed by atoms with Crippen LogP contribution in [0.5, 0.6) is 0 Å². The van der Waals surface area contributed by atoms with Crippen LogP contribution in [-0.4, -0.2) is 11.7 Å². The third-order valence-electron chi connectivity index (χ3n) is 2.39. The minimum atomic E-state index is 0.189. The van der Waals surface area contributed by atoms with Crippen molar-refractivity contribution in [2.75, 3.05) is 11.9 Å². The first kappa shape index (κ1) is 10.7. The van der Waals surface area contributed by atoms with Crippen molar-refractivity contribution in [3.63, 3.8) is 0 Å². The fraction of sp³-hybridized carbons (Fsp3) is 0.143. The zero-order chi connectivity index (χ0) is 11.2. The van der Waals surface area contributed by atoms with Crippen LogP contribution in [0.3, 0.4) is 0 Å². The van der Waals surface area contributed by atoms with E-state index in [1.807, 2.05) is 48.5 Å². The van der Waals surface area contributed by atoms with Gasteiger partial charge in [0.05, 0.1) is 0 Å². The lowest BCUT2D eigenvalue weighted by atomic mass is 10.1. The molecule has 0 saturated carbocycles. The molecule has 0 fully saturated rings. The van der Waals surface area contributed by atoms with E-state index in [-0.39, 0.29) is 6.61 Å². The molecule has 0 amide bonds. The van der Waals surface area contributed by atoms with Crippen molar-refractivity contribution >= 4 is 11.4 Å². The van der Waals surface area contributed by atoms with E-state index in [1.54, 1.807) is 0 Å². The minimum Gasteiger partial charge on any atom is -0.396 e.